The molecular formula is C29H21N3. The third-order valence-corrected chi connectivity index (χ3v) is 6.64. The van der Waals surface area contributed by atoms with E-state index in [1.54, 1.807) is 0 Å². The molecule has 152 valence electrons. The van der Waals surface area contributed by atoms with Crippen molar-refractivity contribution in [2.45, 2.75) is 6.04 Å². The summed E-state index contributed by atoms with van der Waals surface area (Å²) in [5.41, 5.74) is 4.80. The lowest BCUT2D eigenvalue weighted by Crippen LogP contribution is -2.23. The van der Waals surface area contributed by atoms with E-state index in [1.807, 2.05) is 0 Å². The van der Waals surface area contributed by atoms with Crippen LogP contribution in [-0.2, 0) is 0 Å². The first-order chi connectivity index (χ1) is 15.9. The van der Waals surface area contributed by atoms with Crippen LogP contribution in [0.15, 0.2) is 120 Å². The van der Waals surface area contributed by atoms with E-state index in [9.17, 15) is 0 Å². The fourth-order valence-corrected chi connectivity index (χ4v) is 5.16. The number of nitrogens with zero attached hydrogens (tertiary/aromatic N) is 3. The summed E-state index contributed by atoms with van der Waals surface area (Å²) in [7, 11) is 0. The highest BCUT2D eigenvalue weighted by Crippen LogP contribution is 2.37. The number of hydrogen-bond acceptors (Lipinski definition) is 1. The zero-order chi connectivity index (χ0) is 21.1. The van der Waals surface area contributed by atoms with Crippen LogP contribution in [0.3, 0.4) is 0 Å². The van der Waals surface area contributed by atoms with Crippen LogP contribution in [0.5, 0.6) is 0 Å². The average Bonchev–Trinajstić information content (AvgIpc) is 3.43. The van der Waals surface area contributed by atoms with E-state index in [2.05, 4.69) is 125 Å². The molecule has 2 aliphatic rings. The van der Waals surface area contributed by atoms with Gasteiger partial charge >= 0.3 is 0 Å². The lowest BCUT2D eigenvalue weighted by molar-refractivity contribution is 0.675. The second kappa shape index (κ2) is 6.69. The minimum atomic E-state index is 0.164. The average molecular weight is 412 g/mol. The lowest BCUT2D eigenvalue weighted by Gasteiger charge is -2.23. The number of rotatable bonds is 1. The summed E-state index contributed by atoms with van der Waals surface area (Å²) < 4.78 is 4.65. The number of dihydropyridines is 1. The Balaban J connectivity index is 1.58. The van der Waals surface area contributed by atoms with Gasteiger partial charge in [0.25, 0.3) is 0 Å². The molecule has 3 heterocycles. The van der Waals surface area contributed by atoms with Crippen molar-refractivity contribution in [3.63, 3.8) is 0 Å². The Kier molecular flexibility index (Phi) is 3.67. The molecule has 1 aliphatic carbocycles. The molecule has 3 heteroatoms. The smallest absolute Gasteiger partial charge is 0.132 e. The molecule has 1 aliphatic heterocycles. The zero-order valence-corrected chi connectivity index (χ0v) is 17.5. The number of allylic oxidation sites excluding steroid dienone is 3. The molecule has 2 atom stereocenters. The second-order valence-corrected chi connectivity index (χ2v) is 8.46. The third-order valence-electron chi connectivity index (χ3n) is 6.64. The van der Waals surface area contributed by atoms with E-state index < -0.39 is 0 Å². The maximum absolute atomic E-state index is 5.11. The van der Waals surface area contributed by atoms with Crippen LogP contribution in [-0.4, -0.2) is 21.0 Å². The van der Waals surface area contributed by atoms with Crippen LogP contribution in [0.2, 0.25) is 0 Å². The van der Waals surface area contributed by atoms with Gasteiger partial charge < -0.3 is 4.57 Å². The van der Waals surface area contributed by atoms with Crippen LogP contribution >= 0.6 is 0 Å². The van der Waals surface area contributed by atoms with E-state index >= 15 is 0 Å². The minimum absolute atomic E-state index is 0.164. The molecule has 5 aromatic rings. The Labute approximate surface area is 185 Å². The van der Waals surface area contributed by atoms with Crippen LogP contribution in [0, 0.1) is 5.92 Å². The molecule has 0 saturated heterocycles. The molecule has 2 unspecified atom stereocenters. The van der Waals surface area contributed by atoms with Gasteiger partial charge in [0.2, 0.25) is 0 Å². The molecule has 7 rings (SSSR count). The number of benzene rings is 3. The van der Waals surface area contributed by atoms with Crippen molar-refractivity contribution in [1.82, 2.24) is 9.13 Å². The van der Waals surface area contributed by atoms with Crippen molar-refractivity contribution in [2.24, 2.45) is 10.9 Å². The van der Waals surface area contributed by atoms with Gasteiger partial charge in [-0.15, -0.1) is 0 Å². The van der Waals surface area contributed by atoms with Gasteiger partial charge in [0.05, 0.1) is 22.6 Å². The number of hydrogen-bond donors (Lipinski definition) is 0. The normalized spacial score (nSPS) is 19.7. The molecule has 0 N–H and O–H groups in total. The van der Waals surface area contributed by atoms with Crippen LogP contribution in [0.4, 0.5) is 0 Å². The van der Waals surface area contributed by atoms with Gasteiger partial charge in [-0.3, -0.25) is 9.56 Å². The summed E-state index contributed by atoms with van der Waals surface area (Å²) in [6.45, 7) is 0. The standard InChI is InChI=1S/C29H21N3/c1-2-9-22(10-3-1)32-26-13-7-5-11-23(26)24-16-14-21-18-19-31(28(21)29(24)32)27-17-15-20-8-4-6-12-25(20)30-27/h1-20,25H. The summed E-state index contributed by atoms with van der Waals surface area (Å²) in [4.78, 5) is 5.11. The molecule has 0 saturated carbocycles. The number of para-hydroxylation sites is 2. The summed E-state index contributed by atoms with van der Waals surface area (Å²) in [5.74, 6) is 1.33. The predicted octanol–water partition coefficient (Wildman–Crippen LogP) is 6.67. The second-order valence-electron chi connectivity index (χ2n) is 8.46. The highest BCUT2D eigenvalue weighted by molar-refractivity contribution is 6.20. The topological polar surface area (TPSA) is 22.2 Å². The molecular weight excluding hydrogens is 390 g/mol. The molecule has 3 nitrogen and oxygen atoms in total. The van der Waals surface area contributed by atoms with Crippen molar-refractivity contribution in [1.29, 1.82) is 0 Å². The molecule has 3 aromatic carbocycles. The molecule has 0 radical (unpaired) electrons. The van der Waals surface area contributed by atoms with Crippen LogP contribution in [0.25, 0.3) is 38.4 Å². The Hall–Kier alpha value is -4.11. The van der Waals surface area contributed by atoms with Crippen LogP contribution in [0.1, 0.15) is 0 Å². The van der Waals surface area contributed by atoms with Gasteiger partial charge in [0.15, 0.2) is 0 Å². The van der Waals surface area contributed by atoms with Gasteiger partial charge in [-0.2, -0.15) is 0 Å². The van der Waals surface area contributed by atoms with Crippen LogP contribution < -0.4 is 0 Å². The summed E-state index contributed by atoms with van der Waals surface area (Å²) in [5, 5.41) is 3.74. The Morgan fingerprint density at radius 2 is 1.53 bits per heavy atom. The summed E-state index contributed by atoms with van der Waals surface area (Å²) in [6.07, 6.45) is 15.2. The van der Waals surface area contributed by atoms with E-state index in [4.69, 9.17) is 4.99 Å². The molecule has 0 fully saturated rings. The van der Waals surface area contributed by atoms with Gasteiger partial charge in [-0.1, -0.05) is 78.9 Å². The molecule has 2 aromatic heterocycles. The summed E-state index contributed by atoms with van der Waals surface area (Å²) in [6, 6.07) is 26.2. The van der Waals surface area contributed by atoms with Gasteiger partial charge in [-0.25, -0.2) is 0 Å². The van der Waals surface area contributed by atoms with E-state index in [1.165, 1.54) is 38.4 Å². The van der Waals surface area contributed by atoms with Crippen molar-refractivity contribution >= 4 is 38.5 Å². The molecule has 0 spiro atoms. The maximum atomic E-state index is 5.11. The first-order valence-corrected chi connectivity index (χ1v) is 11.1. The minimum Gasteiger partial charge on any atom is -0.307 e. The fourth-order valence-electron chi connectivity index (χ4n) is 5.16. The van der Waals surface area contributed by atoms with E-state index in [-0.39, 0.29) is 6.04 Å². The monoisotopic (exact) mass is 411 g/mol. The van der Waals surface area contributed by atoms with Gasteiger partial charge in [0.1, 0.15) is 5.84 Å². The van der Waals surface area contributed by atoms with Crippen molar-refractivity contribution in [3.8, 4) is 5.69 Å². The number of aromatic nitrogens is 2. The molecule has 32 heavy (non-hydrogen) atoms. The fraction of sp³-hybridized carbons (Fsp3) is 0.0690. The predicted molar refractivity (Wildman–Crippen MR) is 134 cm³/mol. The molecule has 0 bridgehead atoms. The Morgan fingerprint density at radius 1 is 0.688 bits per heavy atom. The Morgan fingerprint density at radius 3 is 2.47 bits per heavy atom. The zero-order valence-electron chi connectivity index (χ0n) is 17.5. The molecule has 0 amide bonds. The highest BCUT2D eigenvalue weighted by atomic mass is 15.1. The Bertz CT molecular complexity index is 1620. The van der Waals surface area contributed by atoms with Crippen molar-refractivity contribution < 1.29 is 0 Å². The third kappa shape index (κ3) is 2.45. The largest absolute Gasteiger partial charge is 0.307 e. The summed E-state index contributed by atoms with van der Waals surface area (Å²) >= 11 is 0. The van der Waals surface area contributed by atoms with Crippen molar-refractivity contribution in [3.05, 3.63) is 115 Å². The van der Waals surface area contributed by atoms with E-state index in [0.29, 0.717) is 5.92 Å². The van der Waals surface area contributed by atoms with Gasteiger partial charge in [-0.05, 0) is 30.3 Å². The van der Waals surface area contributed by atoms with Gasteiger partial charge in [0, 0.05) is 34.0 Å². The maximum Gasteiger partial charge on any atom is 0.132 e. The lowest BCUT2D eigenvalue weighted by atomic mass is 9.93. The number of fused-ring (bicyclic) bond motifs is 6. The first-order valence-electron chi connectivity index (χ1n) is 11.1. The van der Waals surface area contributed by atoms with Crippen molar-refractivity contribution in [2.75, 3.05) is 0 Å². The van der Waals surface area contributed by atoms with E-state index in [0.717, 1.165) is 5.84 Å². The SMILES string of the molecule is C1=CC2C=CC(n3ccc4ccc5c6ccccc6n(-c6ccccc6)c5c43)=NC2C=C1. The highest BCUT2D eigenvalue weighted by Gasteiger charge is 2.22. The number of aliphatic imine (C=N–C) groups is 1. The first kappa shape index (κ1) is 17.6. The quantitative estimate of drug-likeness (QED) is 0.294.